The van der Waals surface area contributed by atoms with Crippen molar-refractivity contribution in [2.75, 3.05) is 14.1 Å². The fourth-order valence-electron chi connectivity index (χ4n) is 4.40. The molecule has 4 bridgehead atoms. The van der Waals surface area contributed by atoms with Gasteiger partial charge in [-0.2, -0.15) is 0 Å². The van der Waals surface area contributed by atoms with E-state index in [1.807, 2.05) is 23.9 Å². The van der Waals surface area contributed by atoms with E-state index in [9.17, 15) is 9.59 Å². The molecule has 4 atom stereocenters. The molecule has 0 aromatic carbocycles. The lowest BCUT2D eigenvalue weighted by Crippen LogP contribution is -2.73. The van der Waals surface area contributed by atoms with Gasteiger partial charge in [0, 0.05) is 14.1 Å². The normalized spacial score (nSPS) is 47.6. The predicted octanol–water partition coefficient (Wildman–Crippen LogP) is 1.25. The van der Waals surface area contributed by atoms with E-state index in [2.05, 4.69) is 13.8 Å². The summed E-state index contributed by atoms with van der Waals surface area (Å²) in [5, 5.41) is 0. The second kappa shape index (κ2) is 3.28. The van der Waals surface area contributed by atoms with E-state index in [4.69, 9.17) is 0 Å². The highest BCUT2D eigenvalue weighted by atomic mass is 16.2. The number of piperidine rings is 2. The first-order chi connectivity index (χ1) is 8.32. The summed E-state index contributed by atoms with van der Waals surface area (Å²) in [5.41, 5.74) is -0.554. The van der Waals surface area contributed by atoms with Crippen molar-refractivity contribution in [1.29, 1.82) is 0 Å². The van der Waals surface area contributed by atoms with Gasteiger partial charge in [0.1, 0.15) is 0 Å². The van der Waals surface area contributed by atoms with Gasteiger partial charge in [-0.05, 0) is 39.5 Å². The molecule has 0 aromatic heterocycles. The van der Waals surface area contributed by atoms with E-state index in [1.165, 1.54) is 0 Å². The Balaban J connectivity index is 2.18. The first kappa shape index (κ1) is 12.0. The van der Waals surface area contributed by atoms with Crippen molar-refractivity contribution < 1.29 is 9.59 Å². The quantitative estimate of drug-likeness (QED) is 0.649. The Labute approximate surface area is 108 Å². The maximum absolute atomic E-state index is 12.6. The van der Waals surface area contributed by atoms with Crippen molar-refractivity contribution in [3.63, 3.8) is 0 Å². The maximum atomic E-state index is 12.6. The zero-order chi connectivity index (χ0) is 13.3. The second-order valence-corrected chi connectivity index (χ2v) is 6.69. The SMILES string of the molecule is CN1C(=O)C2CCC1(C)C1CCC2(C)N(C)C1=O. The van der Waals surface area contributed by atoms with Gasteiger partial charge in [-0.15, -0.1) is 0 Å². The molecule has 18 heavy (non-hydrogen) atoms. The van der Waals surface area contributed by atoms with Crippen molar-refractivity contribution in [3.05, 3.63) is 0 Å². The zero-order valence-corrected chi connectivity index (χ0v) is 11.7. The summed E-state index contributed by atoms with van der Waals surface area (Å²) in [6, 6.07) is 0. The van der Waals surface area contributed by atoms with Crippen molar-refractivity contribution in [1.82, 2.24) is 9.80 Å². The molecule has 1 saturated carbocycles. The van der Waals surface area contributed by atoms with Crippen LogP contribution in [0.25, 0.3) is 0 Å². The molecule has 6 rings (SSSR count). The lowest BCUT2D eigenvalue weighted by Gasteiger charge is -2.61. The largest absolute Gasteiger partial charge is 0.339 e. The molecule has 6 fully saturated rings. The minimum atomic E-state index is -0.277. The number of rotatable bonds is 0. The molecule has 0 N–H and O–H groups in total. The Kier molecular flexibility index (Phi) is 2.19. The van der Waals surface area contributed by atoms with E-state index in [0.29, 0.717) is 0 Å². The minimum Gasteiger partial charge on any atom is -0.339 e. The van der Waals surface area contributed by atoms with Gasteiger partial charge in [0.25, 0.3) is 0 Å². The molecule has 0 aromatic rings. The molecule has 0 radical (unpaired) electrons. The predicted molar refractivity (Wildman–Crippen MR) is 67.8 cm³/mol. The number of carbonyl (C=O) groups excluding carboxylic acids is 2. The molecule has 5 aliphatic heterocycles. The van der Waals surface area contributed by atoms with E-state index in [1.54, 1.807) is 0 Å². The highest BCUT2D eigenvalue weighted by Crippen LogP contribution is 2.52. The van der Waals surface area contributed by atoms with Gasteiger partial charge in [-0.1, -0.05) is 0 Å². The van der Waals surface area contributed by atoms with Crippen LogP contribution in [0.1, 0.15) is 39.5 Å². The summed E-state index contributed by atoms with van der Waals surface area (Å²) in [4.78, 5) is 28.9. The monoisotopic (exact) mass is 250 g/mol. The number of hydrogen-bond donors (Lipinski definition) is 0. The highest BCUT2D eigenvalue weighted by Gasteiger charge is 2.61. The van der Waals surface area contributed by atoms with Crippen molar-refractivity contribution in [3.8, 4) is 0 Å². The first-order valence-corrected chi connectivity index (χ1v) is 6.88. The Morgan fingerprint density at radius 1 is 0.889 bits per heavy atom. The summed E-state index contributed by atoms with van der Waals surface area (Å²) in [6.45, 7) is 4.18. The molecule has 2 amide bonds. The van der Waals surface area contributed by atoms with E-state index in [0.717, 1.165) is 25.7 Å². The van der Waals surface area contributed by atoms with Gasteiger partial charge in [0.2, 0.25) is 11.8 Å². The third-order valence-electron chi connectivity index (χ3n) is 6.17. The third kappa shape index (κ3) is 1.12. The lowest BCUT2D eigenvalue weighted by molar-refractivity contribution is -0.182. The van der Waals surface area contributed by atoms with Crippen LogP contribution in [-0.4, -0.2) is 46.8 Å². The van der Waals surface area contributed by atoms with E-state index in [-0.39, 0.29) is 34.7 Å². The molecular formula is C14H22N2O2. The fourth-order valence-corrected chi connectivity index (χ4v) is 4.40. The Morgan fingerprint density at radius 3 is 1.56 bits per heavy atom. The van der Waals surface area contributed by atoms with Gasteiger partial charge < -0.3 is 9.80 Å². The Bertz CT molecular complexity index is 396. The van der Waals surface area contributed by atoms with Crippen LogP contribution in [0.5, 0.6) is 0 Å². The van der Waals surface area contributed by atoms with Crippen molar-refractivity contribution in [2.45, 2.75) is 50.6 Å². The topological polar surface area (TPSA) is 40.6 Å². The molecule has 100 valence electrons. The lowest BCUT2D eigenvalue weighted by atomic mass is 9.60. The molecule has 1 aliphatic carbocycles. The molecule has 4 heteroatoms. The Morgan fingerprint density at radius 2 is 1.22 bits per heavy atom. The molecule has 0 spiro atoms. The van der Waals surface area contributed by atoms with Crippen LogP contribution in [-0.2, 0) is 9.59 Å². The van der Waals surface area contributed by atoms with Crippen LogP contribution >= 0.6 is 0 Å². The van der Waals surface area contributed by atoms with Crippen LogP contribution in [0.4, 0.5) is 0 Å². The zero-order valence-electron chi connectivity index (χ0n) is 11.7. The summed E-state index contributed by atoms with van der Waals surface area (Å²) >= 11 is 0. The van der Waals surface area contributed by atoms with Gasteiger partial charge in [0.15, 0.2) is 0 Å². The van der Waals surface area contributed by atoms with Crippen LogP contribution in [0, 0.1) is 11.8 Å². The minimum absolute atomic E-state index is 0.0224. The smallest absolute Gasteiger partial charge is 0.228 e. The van der Waals surface area contributed by atoms with Gasteiger partial charge in [-0.25, -0.2) is 0 Å². The van der Waals surface area contributed by atoms with Crippen LogP contribution in [0.3, 0.4) is 0 Å². The highest BCUT2D eigenvalue weighted by molar-refractivity contribution is 5.89. The van der Waals surface area contributed by atoms with Crippen molar-refractivity contribution in [2.24, 2.45) is 11.8 Å². The summed E-state index contributed by atoms with van der Waals surface area (Å²) in [5.74, 6) is 0.419. The summed E-state index contributed by atoms with van der Waals surface area (Å²) in [6.07, 6.45) is 3.76. The average molecular weight is 250 g/mol. The number of carbonyl (C=O) groups is 2. The van der Waals surface area contributed by atoms with Crippen LogP contribution < -0.4 is 0 Å². The van der Waals surface area contributed by atoms with Crippen LogP contribution in [0.2, 0.25) is 0 Å². The summed E-state index contributed by atoms with van der Waals surface area (Å²) in [7, 11) is 3.76. The number of nitrogens with zero attached hydrogens (tertiary/aromatic N) is 2. The summed E-state index contributed by atoms with van der Waals surface area (Å²) < 4.78 is 0. The number of hydrogen-bond acceptors (Lipinski definition) is 2. The first-order valence-electron chi connectivity index (χ1n) is 6.88. The Hall–Kier alpha value is -1.06. The number of amides is 2. The molecule has 6 aliphatic rings. The van der Waals surface area contributed by atoms with E-state index >= 15 is 0 Å². The van der Waals surface area contributed by atoms with Gasteiger partial charge in [-0.3, -0.25) is 9.59 Å². The van der Waals surface area contributed by atoms with Crippen molar-refractivity contribution >= 4 is 11.8 Å². The average Bonchev–Trinajstić information content (AvgIpc) is 2.32. The van der Waals surface area contributed by atoms with E-state index < -0.39 is 0 Å². The standard InChI is InChI=1S/C14H22N2O2/c1-13-7-5-10(12(18)15(13)3)14(2)8-6-9(13)11(17)16(14)4/h9-10H,5-8H2,1-4H3. The molecule has 5 heterocycles. The molecule has 4 nitrogen and oxygen atoms in total. The molecule has 5 saturated heterocycles. The fraction of sp³-hybridized carbons (Fsp3) is 0.857. The second-order valence-electron chi connectivity index (χ2n) is 6.69. The molecule has 4 unspecified atom stereocenters. The molecular weight excluding hydrogens is 228 g/mol. The van der Waals surface area contributed by atoms with Crippen LogP contribution in [0.15, 0.2) is 0 Å². The maximum Gasteiger partial charge on any atom is 0.228 e. The van der Waals surface area contributed by atoms with Gasteiger partial charge in [0.05, 0.1) is 22.9 Å². The van der Waals surface area contributed by atoms with Gasteiger partial charge >= 0.3 is 0 Å². The third-order valence-corrected chi connectivity index (χ3v) is 6.17.